The molecule has 4 rings (SSSR count). The van der Waals surface area contributed by atoms with E-state index in [1.807, 2.05) is 12.1 Å². The number of hydrogen-bond acceptors (Lipinski definition) is 6. The van der Waals surface area contributed by atoms with Crippen LogP contribution in [0.1, 0.15) is 18.5 Å². The minimum Gasteiger partial charge on any atom is -0.508 e. The molecule has 1 aromatic carbocycles. The zero-order valence-corrected chi connectivity index (χ0v) is 13.0. The molecule has 3 atom stereocenters. The number of phenols is 1. The summed E-state index contributed by atoms with van der Waals surface area (Å²) in [4.78, 5) is 11.2. The van der Waals surface area contributed by atoms with Gasteiger partial charge in [-0.3, -0.25) is 0 Å². The second-order valence-corrected chi connectivity index (χ2v) is 6.14. The van der Waals surface area contributed by atoms with Gasteiger partial charge in [0, 0.05) is 18.1 Å². The molecule has 0 bridgehead atoms. The number of carbonyl (C=O) groups excluding carboxylic acids is 1. The van der Waals surface area contributed by atoms with Crippen LogP contribution in [-0.4, -0.2) is 41.2 Å². The van der Waals surface area contributed by atoms with Gasteiger partial charge in [-0.1, -0.05) is 17.3 Å². The maximum atomic E-state index is 11.2. The van der Waals surface area contributed by atoms with Crippen LogP contribution in [-0.2, 0) is 15.9 Å². The molecule has 0 radical (unpaired) electrons. The topological polar surface area (TPSA) is 93.8 Å². The lowest BCUT2D eigenvalue weighted by atomic mass is 9.97. The fraction of sp³-hybridized carbons (Fsp3) is 0.412. The van der Waals surface area contributed by atoms with Crippen molar-refractivity contribution in [3.63, 3.8) is 0 Å². The maximum absolute atomic E-state index is 11.2. The fourth-order valence-electron chi connectivity index (χ4n) is 3.20. The van der Waals surface area contributed by atoms with Crippen LogP contribution in [0.3, 0.4) is 0 Å². The minimum atomic E-state index is -0.370. The van der Waals surface area contributed by atoms with Gasteiger partial charge in [-0.25, -0.2) is 4.79 Å². The fourth-order valence-corrected chi connectivity index (χ4v) is 3.20. The number of aromatic nitrogens is 1. The predicted molar refractivity (Wildman–Crippen MR) is 83.5 cm³/mol. The highest BCUT2D eigenvalue weighted by Gasteiger charge is 2.37. The first-order valence-electron chi connectivity index (χ1n) is 8.02. The molecule has 1 aromatic heterocycles. The smallest absolute Gasteiger partial charge is 0.407 e. The van der Waals surface area contributed by atoms with Crippen molar-refractivity contribution in [3.05, 3.63) is 36.0 Å². The summed E-state index contributed by atoms with van der Waals surface area (Å²) in [7, 11) is 0. The van der Waals surface area contributed by atoms with Crippen LogP contribution in [0, 0.1) is 0 Å². The van der Waals surface area contributed by atoms with Crippen LogP contribution in [0.5, 0.6) is 5.75 Å². The average Bonchev–Trinajstić information content (AvgIpc) is 3.03. The molecule has 2 N–H and O–H groups in total. The number of aromatic hydroxyl groups is 1. The highest BCUT2D eigenvalue weighted by Crippen LogP contribution is 2.28. The molecule has 3 heterocycles. The number of nitrogens with one attached hydrogen (secondary N) is 1. The Bertz CT molecular complexity index is 744. The van der Waals surface area contributed by atoms with E-state index in [1.54, 1.807) is 18.2 Å². The summed E-state index contributed by atoms with van der Waals surface area (Å²) >= 11 is 0. The molecule has 1 amide bonds. The van der Waals surface area contributed by atoms with Crippen molar-refractivity contribution >= 4 is 6.09 Å². The third-order valence-corrected chi connectivity index (χ3v) is 4.39. The number of hydrogen-bond donors (Lipinski definition) is 2. The highest BCUT2D eigenvalue weighted by atomic mass is 16.6. The number of ether oxygens (including phenoxy) is 2. The summed E-state index contributed by atoms with van der Waals surface area (Å²) in [6.45, 7) is 0.480. The Hall–Kier alpha value is -2.54. The minimum absolute atomic E-state index is 0.0204. The molecule has 7 nitrogen and oxygen atoms in total. The van der Waals surface area contributed by atoms with Gasteiger partial charge >= 0.3 is 6.09 Å². The number of fused-ring (bicyclic) bond motifs is 1. The predicted octanol–water partition coefficient (Wildman–Crippen LogP) is 2.25. The molecular weight excluding hydrogens is 312 g/mol. The largest absolute Gasteiger partial charge is 0.508 e. The summed E-state index contributed by atoms with van der Waals surface area (Å²) < 4.78 is 16.6. The number of nitrogens with zero attached hydrogens (tertiary/aromatic N) is 1. The van der Waals surface area contributed by atoms with Gasteiger partial charge in [0.2, 0.25) is 0 Å². The average molecular weight is 330 g/mol. The molecule has 126 valence electrons. The molecule has 0 saturated carbocycles. The summed E-state index contributed by atoms with van der Waals surface area (Å²) in [6.07, 6.45) is 1.62. The molecule has 2 fully saturated rings. The van der Waals surface area contributed by atoms with E-state index in [0.29, 0.717) is 18.7 Å². The first-order chi connectivity index (χ1) is 11.7. The van der Waals surface area contributed by atoms with Crippen molar-refractivity contribution in [1.29, 1.82) is 0 Å². The number of phenolic OH excluding ortho intramolecular Hbond substituents is 1. The van der Waals surface area contributed by atoms with Crippen LogP contribution >= 0.6 is 0 Å². The first kappa shape index (κ1) is 15.0. The van der Waals surface area contributed by atoms with Crippen LogP contribution in [0.4, 0.5) is 4.79 Å². The molecule has 2 aliphatic rings. The van der Waals surface area contributed by atoms with Crippen molar-refractivity contribution in [2.45, 2.75) is 37.6 Å². The second-order valence-electron chi connectivity index (χ2n) is 6.14. The van der Waals surface area contributed by atoms with Crippen LogP contribution in [0.2, 0.25) is 0 Å². The molecule has 24 heavy (non-hydrogen) atoms. The first-order valence-corrected chi connectivity index (χ1v) is 8.02. The number of carbonyl (C=O) groups is 1. The quantitative estimate of drug-likeness (QED) is 0.896. The van der Waals surface area contributed by atoms with Gasteiger partial charge < -0.3 is 24.4 Å². The Morgan fingerprint density at radius 1 is 1.25 bits per heavy atom. The number of alkyl carbamates (subject to hydrolysis) is 1. The van der Waals surface area contributed by atoms with Crippen LogP contribution < -0.4 is 5.32 Å². The monoisotopic (exact) mass is 330 g/mol. The molecule has 0 spiro atoms. The van der Waals surface area contributed by atoms with Crippen LogP contribution in [0.15, 0.2) is 34.9 Å². The third-order valence-electron chi connectivity index (χ3n) is 4.39. The molecule has 2 aromatic rings. The lowest BCUT2D eigenvalue weighted by Crippen LogP contribution is -2.53. The molecule has 2 aliphatic heterocycles. The Morgan fingerprint density at radius 3 is 3.04 bits per heavy atom. The van der Waals surface area contributed by atoms with Gasteiger partial charge in [0.25, 0.3) is 0 Å². The molecule has 0 unspecified atom stereocenters. The summed E-state index contributed by atoms with van der Waals surface area (Å²) in [5, 5.41) is 16.3. The second kappa shape index (κ2) is 6.16. The zero-order chi connectivity index (χ0) is 16.5. The van der Waals surface area contributed by atoms with Gasteiger partial charge in [0.1, 0.15) is 18.0 Å². The SMILES string of the molecule is O=C1NC[C@H]2O[C@H](Cc3cc(-c4cccc(O)c4)on3)CC[C@@H]2O1. The molecule has 0 aliphatic carbocycles. The lowest BCUT2D eigenvalue weighted by molar-refractivity contribution is -0.129. The van der Waals surface area contributed by atoms with E-state index in [1.165, 1.54) is 0 Å². The zero-order valence-electron chi connectivity index (χ0n) is 13.0. The van der Waals surface area contributed by atoms with E-state index < -0.39 is 0 Å². The third kappa shape index (κ3) is 3.07. The lowest BCUT2D eigenvalue weighted by Gasteiger charge is -2.38. The van der Waals surface area contributed by atoms with Gasteiger partial charge in [-0.05, 0) is 25.0 Å². The van der Waals surface area contributed by atoms with Crippen molar-refractivity contribution in [2.24, 2.45) is 0 Å². The highest BCUT2D eigenvalue weighted by molar-refractivity contribution is 5.68. The summed E-state index contributed by atoms with van der Waals surface area (Å²) in [6, 6.07) is 8.72. The normalized spacial score (nSPS) is 26.3. The molecule has 2 saturated heterocycles. The van der Waals surface area contributed by atoms with Crippen molar-refractivity contribution in [1.82, 2.24) is 10.5 Å². The van der Waals surface area contributed by atoms with Gasteiger partial charge in [0.15, 0.2) is 5.76 Å². The van der Waals surface area contributed by atoms with Gasteiger partial charge in [0.05, 0.1) is 18.3 Å². The van der Waals surface area contributed by atoms with E-state index in [2.05, 4.69) is 10.5 Å². The molecule has 7 heteroatoms. The van der Waals surface area contributed by atoms with Crippen LogP contribution in [0.25, 0.3) is 11.3 Å². The number of benzene rings is 1. The Labute approximate surface area is 138 Å². The van der Waals surface area contributed by atoms with E-state index in [-0.39, 0.29) is 30.2 Å². The van der Waals surface area contributed by atoms with Gasteiger partial charge in [-0.15, -0.1) is 0 Å². The van der Waals surface area contributed by atoms with E-state index in [4.69, 9.17) is 14.0 Å². The Morgan fingerprint density at radius 2 is 2.17 bits per heavy atom. The Balaban J connectivity index is 1.41. The maximum Gasteiger partial charge on any atom is 0.407 e. The summed E-state index contributed by atoms with van der Waals surface area (Å²) in [5.74, 6) is 0.800. The Kier molecular flexibility index (Phi) is 3.86. The standard InChI is InChI=1S/C17H18N2O5/c20-12-3-1-2-10(6-12)15-8-11(19-24-15)7-13-4-5-14-16(22-13)9-18-17(21)23-14/h1-3,6,8,13-14,16,20H,4-5,7,9H2,(H,18,21)/t13-,14-,16+/m0/s1. The number of rotatable bonds is 3. The van der Waals surface area contributed by atoms with Crippen molar-refractivity contribution < 1.29 is 23.9 Å². The molecular formula is C17H18N2O5. The summed E-state index contributed by atoms with van der Waals surface area (Å²) in [5.41, 5.74) is 1.58. The van der Waals surface area contributed by atoms with Crippen molar-refractivity contribution in [2.75, 3.05) is 6.54 Å². The van der Waals surface area contributed by atoms with E-state index in [9.17, 15) is 9.90 Å². The van der Waals surface area contributed by atoms with Gasteiger partial charge in [-0.2, -0.15) is 0 Å². The number of amides is 1. The van der Waals surface area contributed by atoms with Crippen molar-refractivity contribution in [3.8, 4) is 17.1 Å². The van der Waals surface area contributed by atoms with E-state index in [0.717, 1.165) is 24.1 Å². The van der Waals surface area contributed by atoms with E-state index >= 15 is 0 Å².